The van der Waals surface area contributed by atoms with Gasteiger partial charge in [0.15, 0.2) is 29.1 Å². The normalized spacial score (nSPS) is 19.0. The molecule has 34 heavy (non-hydrogen) atoms. The van der Waals surface area contributed by atoms with Gasteiger partial charge < -0.3 is 4.90 Å². The van der Waals surface area contributed by atoms with Crippen molar-refractivity contribution in [2.75, 3.05) is 11.4 Å². The lowest BCUT2D eigenvalue weighted by atomic mass is 9.82. The van der Waals surface area contributed by atoms with Gasteiger partial charge in [0.1, 0.15) is 22.9 Å². The minimum atomic E-state index is -1.52. The molecule has 8 nitrogen and oxygen atoms in total. The van der Waals surface area contributed by atoms with Gasteiger partial charge in [0.05, 0.1) is 6.20 Å². The van der Waals surface area contributed by atoms with Crippen LogP contribution in [0.5, 0.6) is 0 Å². The van der Waals surface area contributed by atoms with E-state index in [-0.39, 0.29) is 16.9 Å². The van der Waals surface area contributed by atoms with Crippen molar-refractivity contribution in [3.63, 3.8) is 0 Å². The number of hydrogen-bond acceptors (Lipinski definition) is 6. The highest BCUT2D eigenvalue weighted by molar-refractivity contribution is 5.65. The van der Waals surface area contributed by atoms with Crippen LogP contribution in [0.15, 0.2) is 30.7 Å². The molecule has 4 aromatic rings. The van der Waals surface area contributed by atoms with E-state index in [0.717, 1.165) is 67.5 Å². The van der Waals surface area contributed by atoms with Crippen LogP contribution in [-0.4, -0.2) is 40.8 Å². The molecule has 0 aliphatic carbocycles. The van der Waals surface area contributed by atoms with Crippen molar-refractivity contribution in [1.29, 1.82) is 0 Å². The first-order valence-corrected chi connectivity index (χ1v) is 11.2. The number of piperidine rings is 1. The Kier molecular flexibility index (Phi) is 4.51. The van der Waals surface area contributed by atoms with Crippen molar-refractivity contribution in [2.45, 2.75) is 45.1 Å². The Balaban J connectivity index is 1.53. The molecule has 1 atom stereocenters. The van der Waals surface area contributed by atoms with E-state index < -0.39 is 17.5 Å². The van der Waals surface area contributed by atoms with E-state index in [9.17, 15) is 13.2 Å². The van der Waals surface area contributed by atoms with E-state index >= 15 is 0 Å². The van der Waals surface area contributed by atoms with Crippen LogP contribution in [0.25, 0.3) is 23.0 Å². The first kappa shape index (κ1) is 20.8. The predicted molar refractivity (Wildman–Crippen MR) is 117 cm³/mol. The molecule has 1 fully saturated rings. The molecule has 0 N–H and O–H groups in total. The van der Waals surface area contributed by atoms with Gasteiger partial charge in [0.25, 0.3) is 0 Å². The number of hydrogen-bond donors (Lipinski definition) is 0. The third-order valence-electron chi connectivity index (χ3n) is 6.90. The molecule has 0 unspecified atom stereocenters. The second-order valence-corrected chi connectivity index (χ2v) is 8.65. The fourth-order valence-corrected chi connectivity index (χ4v) is 5.25. The molecule has 2 aliphatic rings. The van der Waals surface area contributed by atoms with Crippen LogP contribution >= 0.6 is 0 Å². The van der Waals surface area contributed by atoms with Crippen LogP contribution in [0.4, 0.5) is 19.0 Å². The highest BCUT2D eigenvalue weighted by Gasteiger charge is 2.48. The highest BCUT2D eigenvalue weighted by atomic mass is 19.2. The van der Waals surface area contributed by atoms with Crippen LogP contribution in [0, 0.1) is 24.4 Å². The standard InChI is InChI=1S/C23H21F3N8/c1-3-23-6-4-5-8-33(23)20-17(34-13(2)30-31-21(23)34)12-28-22(29-20)32-9-7-27-19(32)14-10-15(24)18(26)16(25)11-14/h7,9-12H,3-6,8H2,1-2H3/t23-/m0/s1. The largest absolute Gasteiger partial charge is 0.342 e. The second kappa shape index (κ2) is 7.37. The Labute approximate surface area is 193 Å². The molecule has 1 saturated heterocycles. The van der Waals surface area contributed by atoms with E-state index in [4.69, 9.17) is 4.98 Å². The van der Waals surface area contributed by atoms with Gasteiger partial charge in [0, 0.05) is 24.5 Å². The Hall–Kier alpha value is -3.76. The summed E-state index contributed by atoms with van der Waals surface area (Å²) in [6, 6.07) is 1.82. The lowest BCUT2D eigenvalue weighted by Crippen LogP contribution is -2.54. The van der Waals surface area contributed by atoms with E-state index in [0.29, 0.717) is 5.95 Å². The summed E-state index contributed by atoms with van der Waals surface area (Å²) in [5, 5.41) is 8.88. The monoisotopic (exact) mass is 466 g/mol. The number of fused-ring (bicyclic) bond motifs is 6. The zero-order valence-electron chi connectivity index (χ0n) is 18.6. The topological polar surface area (TPSA) is 77.5 Å². The van der Waals surface area contributed by atoms with Gasteiger partial charge >= 0.3 is 0 Å². The number of nitrogens with zero attached hydrogens (tertiary/aromatic N) is 8. The summed E-state index contributed by atoms with van der Waals surface area (Å²) < 4.78 is 44.9. The van der Waals surface area contributed by atoms with Crippen LogP contribution in [0.3, 0.4) is 0 Å². The predicted octanol–water partition coefficient (Wildman–Crippen LogP) is 4.24. The number of rotatable bonds is 3. The molecule has 0 bridgehead atoms. The number of aromatic nitrogens is 7. The zero-order valence-corrected chi connectivity index (χ0v) is 18.6. The molecule has 1 aromatic carbocycles. The summed E-state index contributed by atoms with van der Waals surface area (Å²) in [5.41, 5.74) is 0.548. The molecule has 6 rings (SSSR count). The number of imidazole rings is 1. The van der Waals surface area contributed by atoms with Gasteiger partial charge in [-0.15, -0.1) is 10.2 Å². The average molecular weight is 466 g/mol. The quantitative estimate of drug-likeness (QED) is 0.420. The summed E-state index contributed by atoms with van der Waals surface area (Å²) in [5.74, 6) is -1.19. The van der Waals surface area contributed by atoms with Crippen molar-refractivity contribution in [3.8, 4) is 23.0 Å². The van der Waals surface area contributed by atoms with Gasteiger partial charge in [-0.25, -0.2) is 23.1 Å². The van der Waals surface area contributed by atoms with Crippen LogP contribution in [0.2, 0.25) is 0 Å². The lowest BCUT2D eigenvalue weighted by molar-refractivity contribution is 0.274. The molecule has 5 heterocycles. The molecule has 0 amide bonds. The van der Waals surface area contributed by atoms with Crippen LogP contribution < -0.4 is 4.90 Å². The Morgan fingerprint density at radius 2 is 1.85 bits per heavy atom. The van der Waals surface area contributed by atoms with Crippen molar-refractivity contribution in [3.05, 3.63) is 59.8 Å². The van der Waals surface area contributed by atoms with Gasteiger partial charge in [-0.3, -0.25) is 9.13 Å². The summed E-state index contributed by atoms with van der Waals surface area (Å²) in [7, 11) is 0. The summed E-state index contributed by atoms with van der Waals surface area (Å²) in [6.45, 7) is 4.86. The first-order chi connectivity index (χ1) is 16.4. The number of benzene rings is 1. The van der Waals surface area contributed by atoms with Gasteiger partial charge in [-0.2, -0.15) is 4.98 Å². The molecule has 174 valence electrons. The SMILES string of the molecule is CC[C@@]12CCCCN1c1nc(-n3ccnc3-c3cc(F)c(F)c(F)c3)ncc1-n1c(C)nnc12. The van der Waals surface area contributed by atoms with E-state index in [1.165, 1.54) is 6.20 Å². The lowest BCUT2D eigenvalue weighted by Gasteiger charge is -2.49. The van der Waals surface area contributed by atoms with Crippen molar-refractivity contribution < 1.29 is 13.2 Å². The fraction of sp³-hybridized carbons (Fsp3) is 0.348. The third-order valence-corrected chi connectivity index (χ3v) is 6.90. The molecule has 0 saturated carbocycles. The van der Waals surface area contributed by atoms with Crippen LogP contribution in [-0.2, 0) is 5.54 Å². The maximum absolute atomic E-state index is 13.9. The second-order valence-electron chi connectivity index (χ2n) is 8.65. The maximum atomic E-state index is 13.9. The molecule has 3 aromatic heterocycles. The Morgan fingerprint density at radius 3 is 2.62 bits per heavy atom. The van der Waals surface area contributed by atoms with Gasteiger partial charge in [-0.1, -0.05) is 6.92 Å². The molecule has 0 radical (unpaired) electrons. The molecule has 0 spiro atoms. The zero-order chi connectivity index (χ0) is 23.6. The first-order valence-electron chi connectivity index (χ1n) is 11.2. The molecular formula is C23H21F3N8. The van der Waals surface area contributed by atoms with E-state index in [1.807, 2.05) is 11.5 Å². The minimum Gasteiger partial charge on any atom is -0.342 e. The fourth-order valence-electron chi connectivity index (χ4n) is 5.25. The Bertz CT molecular complexity index is 1400. The summed E-state index contributed by atoms with van der Waals surface area (Å²) >= 11 is 0. The minimum absolute atomic E-state index is 0.0838. The van der Waals surface area contributed by atoms with Gasteiger partial charge in [0.2, 0.25) is 5.95 Å². The van der Waals surface area contributed by atoms with E-state index in [2.05, 4.69) is 32.0 Å². The third kappa shape index (κ3) is 2.75. The van der Waals surface area contributed by atoms with Crippen molar-refractivity contribution >= 4 is 5.82 Å². The van der Waals surface area contributed by atoms with Crippen molar-refractivity contribution in [2.24, 2.45) is 0 Å². The summed E-state index contributed by atoms with van der Waals surface area (Å²) in [6.07, 6.45) is 8.68. The Morgan fingerprint density at radius 1 is 1.06 bits per heavy atom. The average Bonchev–Trinajstić information content (AvgIpc) is 3.49. The number of anilines is 1. The van der Waals surface area contributed by atoms with Gasteiger partial charge in [-0.05, 0) is 44.7 Å². The number of aryl methyl sites for hydroxylation is 1. The molecule has 11 heteroatoms. The number of halogens is 3. The molecule has 2 aliphatic heterocycles. The highest BCUT2D eigenvalue weighted by Crippen LogP contribution is 2.48. The van der Waals surface area contributed by atoms with Crippen LogP contribution in [0.1, 0.15) is 44.3 Å². The maximum Gasteiger partial charge on any atom is 0.237 e. The van der Waals surface area contributed by atoms with E-state index in [1.54, 1.807) is 17.0 Å². The smallest absolute Gasteiger partial charge is 0.237 e. The summed E-state index contributed by atoms with van der Waals surface area (Å²) in [4.78, 5) is 16.0. The van der Waals surface area contributed by atoms with Crippen molar-refractivity contribution in [1.82, 2.24) is 34.3 Å². The molecular weight excluding hydrogens is 445 g/mol.